The molecule has 1 amide bonds. The van der Waals surface area contributed by atoms with E-state index in [0.717, 1.165) is 36.2 Å². The van der Waals surface area contributed by atoms with Gasteiger partial charge in [-0.2, -0.15) is 0 Å². The quantitative estimate of drug-likeness (QED) is 0.919. The van der Waals surface area contributed by atoms with Crippen molar-refractivity contribution in [2.24, 2.45) is 11.3 Å². The van der Waals surface area contributed by atoms with Crippen LogP contribution in [0.15, 0.2) is 24.3 Å². The lowest BCUT2D eigenvalue weighted by atomic mass is 9.80. The molecule has 3 rings (SSSR count). The molecule has 1 N–H and O–H groups in total. The fourth-order valence-corrected chi connectivity index (χ4v) is 3.24. The van der Waals surface area contributed by atoms with Crippen LogP contribution in [0.4, 0.5) is 0 Å². The molecule has 0 unspecified atom stereocenters. The van der Waals surface area contributed by atoms with E-state index in [4.69, 9.17) is 4.74 Å². The fourth-order valence-electron chi connectivity index (χ4n) is 3.24. The molecule has 118 valence electrons. The Morgan fingerprint density at radius 3 is 2.77 bits per heavy atom. The number of hydrogen-bond acceptors (Lipinski definition) is 2. The molecule has 1 saturated heterocycles. The maximum atomic E-state index is 12.7. The number of amides is 1. The standard InChI is InChI=1S/C18H24N2O2/c1-18(2,3)12-8-9-20(11-12)17(21)15-10-13-14(19-15)6-5-7-16(13)22-4/h5-7,10,12,19H,8-9,11H2,1-4H3/t12-/m1/s1. The van der Waals surface area contributed by atoms with Crippen molar-refractivity contribution in [3.8, 4) is 5.75 Å². The van der Waals surface area contributed by atoms with Gasteiger partial charge in [0.1, 0.15) is 11.4 Å². The maximum absolute atomic E-state index is 12.7. The number of benzene rings is 1. The number of aromatic nitrogens is 1. The van der Waals surface area contributed by atoms with Gasteiger partial charge in [-0.1, -0.05) is 26.8 Å². The highest BCUT2D eigenvalue weighted by molar-refractivity contribution is 5.99. The van der Waals surface area contributed by atoms with Crippen LogP contribution in [0.3, 0.4) is 0 Å². The molecule has 1 atom stereocenters. The third-order valence-corrected chi connectivity index (χ3v) is 4.77. The minimum Gasteiger partial charge on any atom is -0.496 e. The molecule has 1 aromatic carbocycles. The summed E-state index contributed by atoms with van der Waals surface area (Å²) in [5, 5.41) is 0.958. The molecule has 1 aliphatic rings. The van der Waals surface area contributed by atoms with Crippen molar-refractivity contribution >= 4 is 16.8 Å². The van der Waals surface area contributed by atoms with Gasteiger partial charge in [0, 0.05) is 24.0 Å². The summed E-state index contributed by atoms with van der Waals surface area (Å²) in [4.78, 5) is 17.9. The lowest BCUT2D eigenvalue weighted by Crippen LogP contribution is -2.31. The van der Waals surface area contributed by atoms with Crippen LogP contribution in [-0.2, 0) is 0 Å². The minimum absolute atomic E-state index is 0.0880. The molecule has 4 nitrogen and oxygen atoms in total. The Labute approximate surface area is 131 Å². The molecule has 1 fully saturated rings. The predicted molar refractivity (Wildman–Crippen MR) is 88.3 cm³/mol. The number of aromatic amines is 1. The van der Waals surface area contributed by atoms with Gasteiger partial charge in [-0.3, -0.25) is 4.79 Å². The van der Waals surface area contributed by atoms with Crippen molar-refractivity contribution in [1.82, 2.24) is 9.88 Å². The molecule has 0 spiro atoms. The Balaban J connectivity index is 1.84. The van der Waals surface area contributed by atoms with Crippen molar-refractivity contribution in [2.45, 2.75) is 27.2 Å². The van der Waals surface area contributed by atoms with E-state index in [0.29, 0.717) is 11.6 Å². The number of nitrogens with zero attached hydrogens (tertiary/aromatic N) is 1. The third-order valence-electron chi connectivity index (χ3n) is 4.77. The number of methoxy groups -OCH3 is 1. The Bertz CT molecular complexity index is 697. The highest BCUT2D eigenvalue weighted by atomic mass is 16.5. The summed E-state index contributed by atoms with van der Waals surface area (Å²) in [6.07, 6.45) is 1.08. The molecule has 0 radical (unpaired) electrons. The second-order valence-electron chi connectivity index (χ2n) is 7.21. The number of nitrogens with one attached hydrogen (secondary N) is 1. The summed E-state index contributed by atoms with van der Waals surface area (Å²) >= 11 is 0. The summed E-state index contributed by atoms with van der Waals surface area (Å²) in [5.41, 5.74) is 1.84. The lowest BCUT2D eigenvalue weighted by Gasteiger charge is -2.26. The maximum Gasteiger partial charge on any atom is 0.270 e. The van der Waals surface area contributed by atoms with Gasteiger partial charge in [0.15, 0.2) is 0 Å². The summed E-state index contributed by atoms with van der Waals surface area (Å²) in [7, 11) is 1.65. The zero-order chi connectivity index (χ0) is 15.9. The van der Waals surface area contributed by atoms with Crippen molar-refractivity contribution < 1.29 is 9.53 Å². The largest absolute Gasteiger partial charge is 0.496 e. The van der Waals surface area contributed by atoms with Crippen molar-refractivity contribution in [3.05, 3.63) is 30.0 Å². The van der Waals surface area contributed by atoms with Gasteiger partial charge in [-0.05, 0) is 36.0 Å². The van der Waals surface area contributed by atoms with E-state index in [1.54, 1.807) is 7.11 Å². The molecule has 1 aliphatic heterocycles. The number of rotatable bonds is 2. The van der Waals surface area contributed by atoms with E-state index in [1.165, 1.54) is 0 Å². The molecule has 22 heavy (non-hydrogen) atoms. The molecule has 0 aliphatic carbocycles. The van der Waals surface area contributed by atoms with E-state index in [1.807, 2.05) is 29.2 Å². The Morgan fingerprint density at radius 2 is 2.14 bits per heavy atom. The highest BCUT2D eigenvalue weighted by Gasteiger charge is 2.34. The topological polar surface area (TPSA) is 45.3 Å². The second-order valence-corrected chi connectivity index (χ2v) is 7.21. The zero-order valence-corrected chi connectivity index (χ0v) is 13.8. The van der Waals surface area contributed by atoms with Gasteiger partial charge in [-0.15, -0.1) is 0 Å². The van der Waals surface area contributed by atoms with E-state index in [-0.39, 0.29) is 11.3 Å². The smallest absolute Gasteiger partial charge is 0.270 e. The first-order chi connectivity index (χ1) is 10.4. The molecular formula is C18H24N2O2. The van der Waals surface area contributed by atoms with Crippen LogP contribution < -0.4 is 4.74 Å². The Hall–Kier alpha value is -1.97. The van der Waals surface area contributed by atoms with Crippen molar-refractivity contribution in [3.63, 3.8) is 0 Å². The number of carbonyl (C=O) groups is 1. The monoisotopic (exact) mass is 300 g/mol. The summed E-state index contributed by atoms with van der Waals surface area (Å²) in [6, 6.07) is 7.71. The normalized spacial score (nSPS) is 18.9. The van der Waals surface area contributed by atoms with Crippen LogP contribution in [0, 0.1) is 11.3 Å². The fraction of sp³-hybridized carbons (Fsp3) is 0.500. The van der Waals surface area contributed by atoms with Crippen LogP contribution in [0.1, 0.15) is 37.7 Å². The lowest BCUT2D eigenvalue weighted by molar-refractivity contribution is 0.0771. The predicted octanol–water partition coefficient (Wildman–Crippen LogP) is 3.68. The number of ether oxygens (including phenoxy) is 1. The molecule has 1 aromatic heterocycles. The first kappa shape index (κ1) is 14.9. The van der Waals surface area contributed by atoms with Crippen molar-refractivity contribution in [2.75, 3.05) is 20.2 Å². The van der Waals surface area contributed by atoms with Crippen LogP contribution in [0.25, 0.3) is 10.9 Å². The first-order valence-corrected chi connectivity index (χ1v) is 7.85. The number of fused-ring (bicyclic) bond motifs is 1. The Morgan fingerprint density at radius 1 is 1.36 bits per heavy atom. The highest BCUT2D eigenvalue weighted by Crippen LogP contribution is 2.34. The van der Waals surface area contributed by atoms with Gasteiger partial charge in [0.05, 0.1) is 7.11 Å². The summed E-state index contributed by atoms with van der Waals surface area (Å²) in [6.45, 7) is 8.43. The van der Waals surface area contributed by atoms with Crippen LogP contribution in [-0.4, -0.2) is 36.0 Å². The first-order valence-electron chi connectivity index (χ1n) is 7.85. The SMILES string of the molecule is COc1cccc2[nH]c(C(=O)N3CC[C@@H](C(C)(C)C)C3)cc12. The average Bonchev–Trinajstić information content (AvgIpc) is 3.12. The zero-order valence-electron chi connectivity index (χ0n) is 13.8. The molecule has 2 heterocycles. The van der Waals surface area contributed by atoms with Gasteiger partial charge in [0.2, 0.25) is 0 Å². The van der Waals surface area contributed by atoms with Gasteiger partial charge < -0.3 is 14.6 Å². The van der Waals surface area contributed by atoms with E-state index >= 15 is 0 Å². The van der Waals surface area contributed by atoms with E-state index in [2.05, 4.69) is 25.8 Å². The van der Waals surface area contributed by atoms with E-state index < -0.39 is 0 Å². The molecular weight excluding hydrogens is 276 g/mol. The number of carbonyl (C=O) groups excluding carboxylic acids is 1. The van der Waals surface area contributed by atoms with E-state index in [9.17, 15) is 4.79 Å². The average molecular weight is 300 g/mol. The Kier molecular flexibility index (Phi) is 3.63. The van der Waals surface area contributed by atoms with Crippen molar-refractivity contribution in [1.29, 1.82) is 0 Å². The van der Waals surface area contributed by atoms with Crippen LogP contribution >= 0.6 is 0 Å². The number of likely N-dealkylation sites (tertiary alicyclic amines) is 1. The third kappa shape index (κ3) is 2.58. The van der Waals surface area contributed by atoms with Crippen LogP contribution in [0.5, 0.6) is 5.75 Å². The molecule has 2 aromatic rings. The molecule has 0 saturated carbocycles. The number of hydrogen-bond donors (Lipinski definition) is 1. The second kappa shape index (κ2) is 5.34. The number of H-pyrrole nitrogens is 1. The minimum atomic E-state index is 0.0880. The van der Waals surface area contributed by atoms with Gasteiger partial charge >= 0.3 is 0 Å². The summed E-state index contributed by atoms with van der Waals surface area (Å²) < 4.78 is 5.36. The molecule has 4 heteroatoms. The van der Waals surface area contributed by atoms with Gasteiger partial charge in [0.25, 0.3) is 5.91 Å². The van der Waals surface area contributed by atoms with Crippen LogP contribution in [0.2, 0.25) is 0 Å². The summed E-state index contributed by atoms with van der Waals surface area (Å²) in [5.74, 6) is 1.45. The molecule has 0 bridgehead atoms. The van der Waals surface area contributed by atoms with Gasteiger partial charge in [-0.25, -0.2) is 0 Å².